The van der Waals surface area contributed by atoms with Gasteiger partial charge in [-0.3, -0.25) is 4.79 Å². The molecule has 0 bridgehead atoms. The van der Waals surface area contributed by atoms with Crippen molar-refractivity contribution >= 4 is 17.7 Å². The summed E-state index contributed by atoms with van der Waals surface area (Å²) in [6.45, 7) is -2.53. The smallest absolute Gasteiger partial charge is 0.387 e. The summed E-state index contributed by atoms with van der Waals surface area (Å²) < 4.78 is 29.1. The Morgan fingerprint density at radius 1 is 1.16 bits per heavy atom. The van der Waals surface area contributed by atoms with Crippen LogP contribution in [0.25, 0.3) is 6.08 Å². The standard InChI is InChI=1S/C19H20F2N2O2/c1-23(2)16-10-7-14(8-11-16)13-22-18(24)12-9-15-5-3-4-6-17(15)25-19(20)21/h3-12,19H,13H2,1-2H3,(H,22,24)/b12-9+. The first-order valence-corrected chi connectivity index (χ1v) is 7.71. The predicted octanol–water partition coefficient (Wildman–Crippen LogP) is 3.68. The number of nitrogens with one attached hydrogen (secondary N) is 1. The molecule has 1 N–H and O–H groups in total. The van der Waals surface area contributed by atoms with Gasteiger partial charge in [-0.2, -0.15) is 8.78 Å². The Morgan fingerprint density at radius 2 is 1.84 bits per heavy atom. The van der Waals surface area contributed by atoms with Crippen molar-refractivity contribution in [2.75, 3.05) is 19.0 Å². The lowest BCUT2D eigenvalue weighted by Crippen LogP contribution is -2.20. The summed E-state index contributed by atoms with van der Waals surface area (Å²) >= 11 is 0. The molecule has 2 aromatic carbocycles. The Morgan fingerprint density at radius 3 is 2.48 bits per heavy atom. The monoisotopic (exact) mass is 346 g/mol. The van der Waals surface area contributed by atoms with Crippen LogP contribution in [-0.2, 0) is 11.3 Å². The fourth-order valence-corrected chi connectivity index (χ4v) is 2.15. The number of rotatable bonds is 7. The summed E-state index contributed by atoms with van der Waals surface area (Å²) in [5.41, 5.74) is 2.45. The second kappa shape index (κ2) is 8.82. The molecule has 132 valence electrons. The molecule has 0 aliphatic rings. The molecule has 0 heterocycles. The maximum absolute atomic E-state index is 12.4. The van der Waals surface area contributed by atoms with Crippen molar-refractivity contribution in [2.45, 2.75) is 13.2 Å². The van der Waals surface area contributed by atoms with E-state index in [9.17, 15) is 13.6 Å². The molecule has 0 unspecified atom stereocenters. The van der Waals surface area contributed by atoms with Crippen LogP contribution in [0, 0.1) is 0 Å². The summed E-state index contributed by atoms with van der Waals surface area (Å²) in [7, 11) is 3.91. The average Bonchev–Trinajstić information content (AvgIpc) is 2.59. The Bertz CT molecular complexity index is 728. The number of para-hydroxylation sites is 1. The largest absolute Gasteiger partial charge is 0.434 e. The first-order chi connectivity index (χ1) is 12.0. The molecule has 0 atom stereocenters. The minimum absolute atomic E-state index is 0.0285. The van der Waals surface area contributed by atoms with Crippen molar-refractivity contribution in [3.05, 3.63) is 65.7 Å². The second-order valence-electron chi connectivity index (χ2n) is 5.53. The van der Waals surface area contributed by atoms with E-state index in [1.54, 1.807) is 18.2 Å². The molecule has 0 saturated heterocycles. The first-order valence-electron chi connectivity index (χ1n) is 7.71. The number of hydrogen-bond acceptors (Lipinski definition) is 3. The van der Waals surface area contributed by atoms with Gasteiger partial charge in [0.05, 0.1) is 0 Å². The van der Waals surface area contributed by atoms with Gasteiger partial charge in [0.1, 0.15) is 5.75 Å². The van der Waals surface area contributed by atoms with E-state index in [4.69, 9.17) is 0 Å². The Hall–Kier alpha value is -2.89. The number of amides is 1. The molecule has 2 aromatic rings. The number of carbonyl (C=O) groups is 1. The molecule has 0 radical (unpaired) electrons. The zero-order valence-electron chi connectivity index (χ0n) is 14.1. The topological polar surface area (TPSA) is 41.6 Å². The zero-order valence-corrected chi connectivity index (χ0v) is 14.1. The van der Waals surface area contributed by atoms with Crippen LogP contribution in [0.5, 0.6) is 5.75 Å². The van der Waals surface area contributed by atoms with Gasteiger partial charge in [-0.05, 0) is 29.8 Å². The summed E-state index contributed by atoms with van der Waals surface area (Å²) in [5, 5.41) is 2.75. The lowest BCUT2D eigenvalue weighted by molar-refractivity contribution is -0.116. The van der Waals surface area contributed by atoms with Gasteiger partial charge in [0, 0.05) is 38.0 Å². The fourth-order valence-electron chi connectivity index (χ4n) is 2.15. The quantitative estimate of drug-likeness (QED) is 0.778. The highest BCUT2D eigenvalue weighted by Crippen LogP contribution is 2.21. The highest BCUT2D eigenvalue weighted by Gasteiger charge is 2.07. The number of carbonyl (C=O) groups excluding carboxylic acids is 1. The van der Waals surface area contributed by atoms with E-state index in [1.165, 1.54) is 18.2 Å². The van der Waals surface area contributed by atoms with E-state index in [2.05, 4.69) is 10.1 Å². The molecular weight excluding hydrogens is 326 g/mol. The highest BCUT2D eigenvalue weighted by atomic mass is 19.3. The number of anilines is 1. The number of nitrogens with zero attached hydrogens (tertiary/aromatic N) is 1. The lowest BCUT2D eigenvalue weighted by Gasteiger charge is -2.12. The van der Waals surface area contributed by atoms with E-state index in [1.807, 2.05) is 43.3 Å². The molecule has 0 aliphatic carbocycles. The summed E-state index contributed by atoms with van der Waals surface area (Å²) in [4.78, 5) is 13.9. The zero-order chi connectivity index (χ0) is 18.2. The molecule has 0 aromatic heterocycles. The molecule has 0 fully saturated rings. The molecule has 4 nitrogen and oxygen atoms in total. The van der Waals surface area contributed by atoms with Crippen LogP contribution in [-0.4, -0.2) is 26.6 Å². The maximum Gasteiger partial charge on any atom is 0.387 e. The lowest BCUT2D eigenvalue weighted by atomic mass is 10.2. The van der Waals surface area contributed by atoms with E-state index in [0.29, 0.717) is 12.1 Å². The number of alkyl halides is 2. The number of hydrogen-bond donors (Lipinski definition) is 1. The van der Waals surface area contributed by atoms with Crippen LogP contribution in [0.4, 0.5) is 14.5 Å². The van der Waals surface area contributed by atoms with Gasteiger partial charge in [0.25, 0.3) is 0 Å². The summed E-state index contributed by atoms with van der Waals surface area (Å²) in [6, 6.07) is 14.1. The average molecular weight is 346 g/mol. The molecule has 0 aliphatic heterocycles. The van der Waals surface area contributed by atoms with Crippen LogP contribution < -0.4 is 15.0 Å². The number of ether oxygens (including phenoxy) is 1. The van der Waals surface area contributed by atoms with Crippen LogP contribution >= 0.6 is 0 Å². The third-order valence-electron chi connectivity index (χ3n) is 3.47. The first kappa shape index (κ1) is 18.4. The van der Waals surface area contributed by atoms with Crippen molar-refractivity contribution < 1.29 is 18.3 Å². The molecule has 0 spiro atoms. The van der Waals surface area contributed by atoms with Crippen LogP contribution in [0.2, 0.25) is 0 Å². The fraction of sp³-hybridized carbons (Fsp3) is 0.211. The van der Waals surface area contributed by atoms with Crippen LogP contribution in [0.1, 0.15) is 11.1 Å². The Labute approximate surface area is 145 Å². The van der Waals surface area contributed by atoms with E-state index < -0.39 is 6.61 Å². The summed E-state index contributed by atoms with van der Waals surface area (Å²) in [5.74, 6) is -0.288. The third kappa shape index (κ3) is 5.91. The van der Waals surface area contributed by atoms with Gasteiger partial charge in [0.15, 0.2) is 0 Å². The van der Waals surface area contributed by atoms with Crippen molar-refractivity contribution in [1.29, 1.82) is 0 Å². The molecule has 2 rings (SSSR count). The Kier molecular flexibility index (Phi) is 6.51. The van der Waals surface area contributed by atoms with Crippen LogP contribution in [0.15, 0.2) is 54.6 Å². The van der Waals surface area contributed by atoms with E-state index in [-0.39, 0.29) is 11.7 Å². The minimum Gasteiger partial charge on any atom is -0.434 e. The molecule has 1 amide bonds. The second-order valence-corrected chi connectivity index (χ2v) is 5.53. The molecular formula is C19H20F2N2O2. The van der Waals surface area contributed by atoms with Crippen molar-refractivity contribution in [3.8, 4) is 5.75 Å². The molecule has 6 heteroatoms. The van der Waals surface area contributed by atoms with E-state index >= 15 is 0 Å². The van der Waals surface area contributed by atoms with E-state index in [0.717, 1.165) is 11.3 Å². The molecule has 0 saturated carbocycles. The molecule has 25 heavy (non-hydrogen) atoms. The van der Waals surface area contributed by atoms with Gasteiger partial charge >= 0.3 is 6.61 Å². The van der Waals surface area contributed by atoms with Gasteiger partial charge in [-0.25, -0.2) is 0 Å². The number of halogens is 2. The minimum atomic E-state index is -2.91. The van der Waals surface area contributed by atoms with Crippen molar-refractivity contribution in [3.63, 3.8) is 0 Å². The third-order valence-corrected chi connectivity index (χ3v) is 3.47. The van der Waals surface area contributed by atoms with Gasteiger partial charge in [0.2, 0.25) is 5.91 Å². The SMILES string of the molecule is CN(C)c1ccc(CNC(=O)/C=C/c2ccccc2OC(F)F)cc1. The number of benzene rings is 2. The van der Waals surface area contributed by atoms with Crippen LogP contribution in [0.3, 0.4) is 0 Å². The normalized spacial score (nSPS) is 10.9. The van der Waals surface area contributed by atoms with Gasteiger partial charge < -0.3 is 15.0 Å². The Balaban J connectivity index is 1.93. The van der Waals surface area contributed by atoms with Crippen molar-refractivity contribution in [2.24, 2.45) is 0 Å². The summed E-state index contributed by atoms with van der Waals surface area (Å²) in [6.07, 6.45) is 2.74. The maximum atomic E-state index is 12.4. The van der Waals surface area contributed by atoms with Gasteiger partial charge in [-0.1, -0.05) is 30.3 Å². The van der Waals surface area contributed by atoms with Gasteiger partial charge in [-0.15, -0.1) is 0 Å². The van der Waals surface area contributed by atoms with Crippen molar-refractivity contribution in [1.82, 2.24) is 5.32 Å². The predicted molar refractivity (Wildman–Crippen MR) is 94.7 cm³/mol. The highest BCUT2D eigenvalue weighted by molar-refractivity contribution is 5.92.